The highest BCUT2D eigenvalue weighted by molar-refractivity contribution is 7.17. The number of aliphatic hydroxyl groups is 1. The molecule has 0 saturated heterocycles. The van der Waals surface area contributed by atoms with Gasteiger partial charge in [0.25, 0.3) is 0 Å². The molecule has 0 spiro atoms. The van der Waals surface area contributed by atoms with Crippen LogP contribution in [0.4, 0.5) is 0 Å². The van der Waals surface area contributed by atoms with Crippen molar-refractivity contribution in [1.82, 2.24) is 0 Å². The number of aryl methyl sites for hydroxylation is 1. The van der Waals surface area contributed by atoms with Gasteiger partial charge in [0.2, 0.25) is 0 Å². The van der Waals surface area contributed by atoms with Gasteiger partial charge in [-0.05, 0) is 77.6 Å². The van der Waals surface area contributed by atoms with E-state index in [1.165, 1.54) is 37.9 Å². The van der Waals surface area contributed by atoms with Crippen LogP contribution < -0.4 is 4.74 Å². The molecule has 0 atom stereocenters. The second-order valence-corrected chi connectivity index (χ2v) is 8.89. The summed E-state index contributed by atoms with van der Waals surface area (Å²) < 4.78 is 7.35. The van der Waals surface area contributed by atoms with Crippen molar-refractivity contribution in [3.63, 3.8) is 0 Å². The Morgan fingerprint density at radius 1 is 0.966 bits per heavy atom. The van der Waals surface area contributed by atoms with Gasteiger partial charge in [-0.1, -0.05) is 42.5 Å². The highest BCUT2D eigenvalue weighted by Gasteiger charge is 2.28. The van der Waals surface area contributed by atoms with Crippen LogP contribution in [0.2, 0.25) is 0 Å². The minimum atomic E-state index is -0.118. The van der Waals surface area contributed by atoms with E-state index in [1.807, 2.05) is 12.1 Å². The quantitative estimate of drug-likeness (QED) is 0.404. The number of hydrogen-bond acceptors (Lipinski definition) is 3. The summed E-state index contributed by atoms with van der Waals surface area (Å²) in [5.74, 6) is 1.39. The van der Waals surface area contributed by atoms with Gasteiger partial charge < -0.3 is 9.84 Å². The maximum atomic E-state index is 9.49. The predicted molar refractivity (Wildman–Crippen MR) is 121 cm³/mol. The number of hydrogen-bond donors (Lipinski definition) is 1. The SMILES string of the molecule is Cc1ccccc1-c1csc2ccc(COc3ccc(C4CC(O)C4)cc3)cc12. The van der Waals surface area contributed by atoms with E-state index in [0.29, 0.717) is 12.5 Å². The Morgan fingerprint density at radius 2 is 1.76 bits per heavy atom. The van der Waals surface area contributed by atoms with Crippen LogP contribution in [0.3, 0.4) is 0 Å². The van der Waals surface area contributed by atoms with Crippen molar-refractivity contribution in [3.05, 3.63) is 88.8 Å². The van der Waals surface area contributed by atoms with Gasteiger partial charge >= 0.3 is 0 Å². The Balaban J connectivity index is 1.33. The van der Waals surface area contributed by atoms with Crippen LogP contribution >= 0.6 is 11.3 Å². The number of ether oxygens (including phenoxy) is 1. The standard InChI is InChI=1S/C26H24O2S/c1-17-4-2-3-5-23(17)25-16-29-26-11-6-18(12-24(25)26)15-28-22-9-7-19(8-10-22)20-13-21(27)14-20/h2-12,16,20-21,27H,13-15H2,1H3. The molecular weight excluding hydrogens is 376 g/mol. The second kappa shape index (κ2) is 7.66. The summed E-state index contributed by atoms with van der Waals surface area (Å²) >= 11 is 1.79. The van der Waals surface area contributed by atoms with Crippen LogP contribution in [0.15, 0.2) is 72.1 Å². The molecule has 0 unspecified atom stereocenters. The average Bonchev–Trinajstić information content (AvgIpc) is 3.14. The van der Waals surface area contributed by atoms with Gasteiger partial charge in [0, 0.05) is 15.6 Å². The normalized spacial score (nSPS) is 18.6. The highest BCUT2D eigenvalue weighted by atomic mass is 32.1. The molecule has 1 N–H and O–H groups in total. The highest BCUT2D eigenvalue weighted by Crippen LogP contribution is 2.38. The summed E-state index contributed by atoms with van der Waals surface area (Å²) in [6.45, 7) is 2.72. The van der Waals surface area contributed by atoms with E-state index >= 15 is 0 Å². The third-order valence-corrected chi connectivity index (χ3v) is 6.91. The molecule has 3 heteroatoms. The molecule has 1 saturated carbocycles. The monoisotopic (exact) mass is 400 g/mol. The van der Waals surface area contributed by atoms with Crippen molar-refractivity contribution < 1.29 is 9.84 Å². The van der Waals surface area contributed by atoms with Crippen molar-refractivity contribution in [1.29, 1.82) is 0 Å². The van der Waals surface area contributed by atoms with Gasteiger partial charge in [0.1, 0.15) is 12.4 Å². The number of rotatable bonds is 5. The van der Waals surface area contributed by atoms with Crippen molar-refractivity contribution >= 4 is 21.4 Å². The lowest BCUT2D eigenvalue weighted by atomic mass is 9.78. The predicted octanol–water partition coefficient (Wildman–Crippen LogP) is 6.69. The van der Waals surface area contributed by atoms with E-state index in [2.05, 4.69) is 66.9 Å². The summed E-state index contributed by atoms with van der Waals surface area (Å²) in [7, 11) is 0. The van der Waals surface area contributed by atoms with Crippen LogP contribution in [-0.4, -0.2) is 11.2 Å². The number of thiophene rings is 1. The first-order chi connectivity index (χ1) is 14.2. The van der Waals surface area contributed by atoms with Gasteiger partial charge in [0.15, 0.2) is 0 Å². The second-order valence-electron chi connectivity index (χ2n) is 7.97. The third-order valence-electron chi connectivity index (χ3n) is 5.94. The van der Waals surface area contributed by atoms with Gasteiger partial charge in [-0.25, -0.2) is 0 Å². The fraction of sp³-hybridized carbons (Fsp3) is 0.231. The number of fused-ring (bicyclic) bond motifs is 1. The zero-order valence-corrected chi connectivity index (χ0v) is 17.3. The fourth-order valence-corrected chi connectivity index (χ4v) is 5.05. The Labute approximate surface area is 175 Å². The zero-order chi connectivity index (χ0) is 19.8. The lowest BCUT2D eigenvalue weighted by Crippen LogP contribution is -2.26. The Kier molecular flexibility index (Phi) is 4.86. The Hall–Kier alpha value is -2.62. The van der Waals surface area contributed by atoms with E-state index in [9.17, 15) is 5.11 Å². The van der Waals surface area contributed by atoms with Gasteiger partial charge in [-0.3, -0.25) is 0 Å². The molecule has 1 aromatic heterocycles. The summed E-state index contributed by atoms with van der Waals surface area (Å²) in [6, 6.07) is 23.5. The Bertz CT molecular complexity index is 1140. The topological polar surface area (TPSA) is 29.5 Å². The first-order valence-electron chi connectivity index (χ1n) is 10.1. The average molecular weight is 401 g/mol. The van der Waals surface area contributed by atoms with Crippen molar-refractivity contribution in [3.8, 4) is 16.9 Å². The van der Waals surface area contributed by atoms with E-state index in [0.717, 1.165) is 18.6 Å². The largest absolute Gasteiger partial charge is 0.489 e. The molecule has 1 aliphatic carbocycles. The molecule has 4 aromatic rings. The van der Waals surface area contributed by atoms with Crippen LogP contribution in [0.5, 0.6) is 5.75 Å². The van der Waals surface area contributed by atoms with Crippen LogP contribution in [0.1, 0.15) is 35.4 Å². The maximum Gasteiger partial charge on any atom is 0.119 e. The molecule has 2 nitrogen and oxygen atoms in total. The molecule has 3 aromatic carbocycles. The molecule has 146 valence electrons. The molecule has 0 radical (unpaired) electrons. The molecule has 0 aliphatic heterocycles. The van der Waals surface area contributed by atoms with Crippen molar-refractivity contribution in [2.45, 2.75) is 38.4 Å². The van der Waals surface area contributed by atoms with E-state index < -0.39 is 0 Å². The summed E-state index contributed by atoms with van der Waals surface area (Å²) in [5, 5.41) is 13.0. The van der Waals surface area contributed by atoms with Crippen LogP contribution in [0, 0.1) is 6.92 Å². The minimum absolute atomic E-state index is 0.118. The smallest absolute Gasteiger partial charge is 0.119 e. The molecule has 1 aliphatic rings. The maximum absolute atomic E-state index is 9.49. The number of benzene rings is 3. The van der Waals surface area contributed by atoms with E-state index in [1.54, 1.807) is 11.3 Å². The van der Waals surface area contributed by atoms with Crippen molar-refractivity contribution in [2.24, 2.45) is 0 Å². The van der Waals surface area contributed by atoms with E-state index in [-0.39, 0.29) is 6.10 Å². The summed E-state index contributed by atoms with van der Waals surface area (Å²) in [6.07, 6.45) is 1.64. The molecule has 29 heavy (non-hydrogen) atoms. The van der Waals surface area contributed by atoms with Crippen LogP contribution in [0.25, 0.3) is 21.2 Å². The molecule has 1 fully saturated rings. The van der Waals surface area contributed by atoms with Gasteiger partial charge in [0.05, 0.1) is 6.10 Å². The lowest BCUT2D eigenvalue weighted by Gasteiger charge is -2.31. The summed E-state index contributed by atoms with van der Waals surface area (Å²) in [5.41, 5.74) is 6.38. The minimum Gasteiger partial charge on any atom is -0.489 e. The molecule has 0 bridgehead atoms. The van der Waals surface area contributed by atoms with Gasteiger partial charge in [-0.15, -0.1) is 11.3 Å². The fourth-order valence-electron chi connectivity index (χ4n) is 4.11. The number of aliphatic hydroxyl groups excluding tert-OH is 1. The van der Waals surface area contributed by atoms with Crippen LogP contribution in [-0.2, 0) is 6.61 Å². The summed E-state index contributed by atoms with van der Waals surface area (Å²) in [4.78, 5) is 0. The Morgan fingerprint density at radius 3 is 2.52 bits per heavy atom. The first kappa shape index (κ1) is 18.4. The van der Waals surface area contributed by atoms with E-state index in [4.69, 9.17) is 4.74 Å². The molecular formula is C26H24O2S. The first-order valence-corrected chi connectivity index (χ1v) is 11.0. The molecule has 0 amide bonds. The lowest BCUT2D eigenvalue weighted by molar-refractivity contribution is 0.0746. The van der Waals surface area contributed by atoms with Crippen molar-refractivity contribution in [2.75, 3.05) is 0 Å². The zero-order valence-electron chi connectivity index (χ0n) is 16.5. The molecule has 5 rings (SSSR count). The molecule has 1 heterocycles. The van der Waals surface area contributed by atoms with Gasteiger partial charge in [-0.2, -0.15) is 0 Å². The third kappa shape index (κ3) is 3.68.